The second kappa shape index (κ2) is 9.13. The van der Waals surface area contributed by atoms with E-state index in [2.05, 4.69) is 20.9 Å². The number of piperazine rings is 1. The van der Waals surface area contributed by atoms with Crippen molar-refractivity contribution in [1.82, 2.24) is 15.5 Å². The van der Waals surface area contributed by atoms with Crippen LogP contribution in [0.25, 0.3) is 0 Å². The molecule has 1 fully saturated rings. The predicted molar refractivity (Wildman–Crippen MR) is 95.5 cm³/mol. The summed E-state index contributed by atoms with van der Waals surface area (Å²) in [5.41, 5.74) is 6.73. The Morgan fingerprint density at radius 2 is 2.21 bits per heavy atom. The van der Waals surface area contributed by atoms with E-state index in [-0.39, 0.29) is 5.57 Å². The summed E-state index contributed by atoms with van der Waals surface area (Å²) in [6, 6.07) is 6.85. The number of anilines is 2. The molecule has 0 aromatic heterocycles. The van der Waals surface area contributed by atoms with E-state index in [0.29, 0.717) is 22.9 Å². The van der Waals surface area contributed by atoms with Gasteiger partial charge in [-0.25, -0.2) is 0 Å². The topological polar surface area (TPSA) is 106 Å². The van der Waals surface area contributed by atoms with Gasteiger partial charge in [-0.3, -0.25) is 9.69 Å². The van der Waals surface area contributed by atoms with Gasteiger partial charge in [0.2, 0.25) is 0 Å². The minimum absolute atomic E-state index is 0.0109. The summed E-state index contributed by atoms with van der Waals surface area (Å²) in [5.74, 6) is -0.410. The van der Waals surface area contributed by atoms with Gasteiger partial charge in [0.05, 0.1) is 10.7 Å². The number of amides is 1. The Hall–Kier alpha value is -2.27. The van der Waals surface area contributed by atoms with Crippen molar-refractivity contribution in [3.05, 3.63) is 35.0 Å². The van der Waals surface area contributed by atoms with Crippen LogP contribution >= 0.6 is 11.6 Å². The number of hydrogen-bond acceptors (Lipinski definition) is 6. The van der Waals surface area contributed by atoms with Crippen molar-refractivity contribution < 1.29 is 4.79 Å². The molecule has 1 aliphatic rings. The van der Waals surface area contributed by atoms with E-state index in [0.717, 1.165) is 32.7 Å². The van der Waals surface area contributed by atoms with Crippen LogP contribution in [0.4, 0.5) is 11.4 Å². The number of nitrogens with one attached hydrogen (secondary N) is 3. The smallest absolute Gasteiger partial charge is 0.263 e. The SMILES string of the molecule is N#C/C(=C/Nc1ccc(N)cc1Cl)C(=O)NCCN1CCNCC1. The van der Waals surface area contributed by atoms with E-state index >= 15 is 0 Å². The number of carbonyl (C=O) groups excluding carboxylic acids is 1. The molecule has 1 amide bonds. The summed E-state index contributed by atoms with van der Waals surface area (Å²) < 4.78 is 0. The Morgan fingerprint density at radius 3 is 2.88 bits per heavy atom. The molecular weight excluding hydrogens is 328 g/mol. The third kappa shape index (κ3) is 5.42. The number of halogens is 1. The molecule has 1 aromatic rings. The molecular formula is C16H21ClN6O. The summed E-state index contributed by atoms with van der Waals surface area (Å²) in [5, 5.41) is 18.5. The molecule has 2 rings (SSSR count). The zero-order valence-corrected chi connectivity index (χ0v) is 14.1. The number of nitrogen functional groups attached to an aromatic ring is 1. The molecule has 8 heteroatoms. The Labute approximate surface area is 146 Å². The Morgan fingerprint density at radius 1 is 1.46 bits per heavy atom. The lowest BCUT2D eigenvalue weighted by atomic mass is 10.2. The number of nitriles is 1. The number of nitrogens with two attached hydrogens (primary N) is 1. The molecule has 0 aliphatic carbocycles. The summed E-state index contributed by atoms with van der Waals surface area (Å²) in [4.78, 5) is 14.3. The first-order chi connectivity index (χ1) is 11.6. The van der Waals surface area contributed by atoms with Crippen LogP contribution in [0.15, 0.2) is 30.0 Å². The summed E-state index contributed by atoms with van der Waals surface area (Å²) >= 11 is 6.04. The first-order valence-corrected chi connectivity index (χ1v) is 8.11. The van der Waals surface area contributed by atoms with Crippen LogP contribution in [0.3, 0.4) is 0 Å². The third-order valence-corrected chi connectivity index (χ3v) is 3.97. The Balaban J connectivity index is 1.85. The molecule has 1 heterocycles. The molecule has 1 aromatic carbocycles. The van der Waals surface area contributed by atoms with E-state index in [9.17, 15) is 4.79 Å². The largest absolute Gasteiger partial charge is 0.399 e. The fraction of sp³-hybridized carbons (Fsp3) is 0.375. The van der Waals surface area contributed by atoms with Crippen LogP contribution in [0.5, 0.6) is 0 Å². The van der Waals surface area contributed by atoms with Gasteiger partial charge in [0, 0.05) is 51.2 Å². The molecule has 0 spiro atoms. The highest BCUT2D eigenvalue weighted by molar-refractivity contribution is 6.33. The fourth-order valence-corrected chi connectivity index (χ4v) is 2.55. The average Bonchev–Trinajstić information content (AvgIpc) is 2.58. The second-order valence-electron chi connectivity index (χ2n) is 5.40. The van der Waals surface area contributed by atoms with Crippen molar-refractivity contribution in [2.24, 2.45) is 0 Å². The lowest BCUT2D eigenvalue weighted by Gasteiger charge is -2.27. The predicted octanol–water partition coefficient (Wildman–Crippen LogP) is 0.763. The van der Waals surface area contributed by atoms with E-state index in [1.165, 1.54) is 6.20 Å². The molecule has 128 valence electrons. The molecule has 0 bridgehead atoms. The van der Waals surface area contributed by atoms with Crippen molar-refractivity contribution in [1.29, 1.82) is 5.26 Å². The van der Waals surface area contributed by atoms with Crippen LogP contribution in [0.2, 0.25) is 5.02 Å². The van der Waals surface area contributed by atoms with Gasteiger partial charge in [0.15, 0.2) is 0 Å². The lowest BCUT2D eigenvalue weighted by molar-refractivity contribution is -0.117. The molecule has 0 unspecified atom stereocenters. The molecule has 0 atom stereocenters. The first kappa shape index (κ1) is 18.1. The van der Waals surface area contributed by atoms with Crippen LogP contribution < -0.4 is 21.7 Å². The van der Waals surface area contributed by atoms with Crippen molar-refractivity contribution in [2.45, 2.75) is 0 Å². The quantitative estimate of drug-likeness (QED) is 0.343. The number of benzene rings is 1. The highest BCUT2D eigenvalue weighted by atomic mass is 35.5. The highest BCUT2D eigenvalue weighted by Crippen LogP contribution is 2.24. The number of nitrogens with zero attached hydrogens (tertiary/aromatic N) is 2. The van der Waals surface area contributed by atoms with Crippen molar-refractivity contribution in [3.63, 3.8) is 0 Å². The maximum absolute atomic E-state index is 12.1. The van der Waals surface area contributed by atoms with Gasteiger partial charge >= 0.3 is 0 Å². The number of hydrogen-bond donors (Lipinski definition) is 4. The normalized spacial score (nSPS) is 15.6. The monoisotopic (exact) mass is 348 g/mol. The van der Waals surface area contributed by atoms with Crippen LogP contribution in [0.1, 0.15) is 0 Å². The van der Waals surface area contributed by atoms with Gasteiger partial charge in [0.25, 0.3) is 5.91 Å². The van der Waals surface area contributed by atoms with E-state index in [1.54, 1.807) is 18.2 Å². The highest BCUT2D eigenvalue weighted by Gasteiger charge is 2.12. The standard InChI is InChI=1S/C16H21ClN6O/c17-14-9-13(19)1-2-15(14)22-11-12(10-18)16(24)21-5-8-23-6-3-20-4-7-23/h1-2,9,11,20,22H,3-8,19H2,(H,21,24)/b12-11-. The molecule has 1 saturated heterocycles. The van der Waals surface area contributed by atoms with Crippen molar-refractivity contribution in [3.8, 4) is 6.07 Å². The van der Waals surface area contributed by atoms with Crippen LogP contribution in [-0.2, 0) is 4.79 Å². The molecule has 0 saturated carbocycles. The van der Waals surface area contributed by atoms with Gasteiger partial charge in [-0.2, -0.15) is 5.26 Å². The fourth-order valence-electron chi connectivity index (χ4n) is 2.30. The second-order valence-corrected chi connectivity index (χ2v) is 5.81. The summed E-state index contributed by atoms with van der Waals surface area (Å²) in [6.07, 6.45) is 1.34. The minimum Gasteiger partial charge on any atom is -0.399 e. The van der Waals surface area contributed by atoms with Crippen LogP contribution in [-0.4, -0.2) is 50.1 Å². The zero-order valence-electron chi connectivity index (χ0n) is 13.3. The average molecular weight is 349 g/mol. The number of rotatable bonds is 6. The first-order valence-electron chi connectivity index (χ1n) is 7.73. The molecule has 7 nitrogen and oxygen atoms in total. The van der Waals surface area contributed by atoms with Crippen molar-refractivity contribution in [2.75, 3.05) is 50.3 Å². The Bertz CT molecular complexity index is 648. The van der Waals surface area contributed by atoms with Gasteiger partial charge in [-0.15, -0.1) is 0 Å². The molecule has 0 radical (unpaired) electrons. The number of carbonyl (C=O) groups is 1. The zero-order chi connectivity index (χ0) is 17.4. The molecule has 24 heavy (non-hydrogen) atoms. The third-order valence-electron chi connectivity index (χ3n) is 3.65. The summed E-state index contributed by atoms with van der Waals surface area (Å²) in [7, 11) is 0. The lowest BCUT2D eigenvalue weighted by Crippen LogP contribution is -2.46. The summed E-state index contributed by atoms with van der Waals surface area (Å²) in [6.45, 7) is 5.12. The molecule has 1 aliphatic heterocycles. The van der Waals surface area contributed by atoms with Crippen molar-refractivity contribution >= 4 is 28.9 Å². The van der Waals surface area contributed by atoms with Gasteiger partial charge < -0.3 is 21.7 Å². The maximum Gasteiger partial charge on any atom is 0.263 e. The van der Waals surface area contributed by atoms with E-state index in [1.807, 2.05) is 6.07 Å². The van der Waals surface area contributed by atoms with Gasteiger partial charge in [-0.1, -0.05) is 11.6 Å². The molecule has 5 N–H and O–H groups in total. The van der Waals surface area contributed by atoms with E-state index in [4.69, 9.17) is 22.6 Å². The minimum atomic E-state index is -0.410. The Kier molecular flexibility index (Phi) is 6.88. The maximum atomic E-state index is 12.1. The van der Waals surface area contributed by atoms with Gasteiger partial charge in [-0.05, 0) is 18.2 Å². The van der Waals surface area contributed by atoms with Gasteiger partial charge in [0.1, 0.15) is 11.6 Å². The van der Waals surface area contributed by atoms with E-state index < -0.39 is 5.91 Å². The van der Waals surface area contributed by atoms with Crippen LogP contribution in [0, 0.1) is 11.3 Å².